The molecule has 3 rings (SSSR count). The molecule has 1 unspecified atom stereocenters. The van der Waals surface area contributed by atoms with E-state index in [-0.39, 0.29) is 23.4 Å². The zero-order valence-corrected chi connectivity index (χ0v) is 20.7. The van der Waals surface area contributed by atoms with E-state index in [1.165, 1.54) is 5.56 Å². The van der Waals surface area contributed by atoms with Gasteiger partial charge in [0.15, 0.2) is 0 Å². The Hall–Kier alpha value is -2.95. The molecule has 33 heavy (non-hydrogen) atoms. The fourth-order valence-electron chi connectivity index (χ4n) is 4.39. The molecule has 0 aliphatic rings. The van der Waals surface area contributed by atoms with E-state index in [9.17, 15) is 9.59 Å². The van der Waals surface area contributed by atoms with E-state index < -0.39 is 0 Å². The molecule has 5 heteroatoms. The van der Waals surface area contributed by atoms with Crippen molar-refractivity contribution in [3.63, 3.8) is 0 Å². The number of aryl methyl sites for hydroxylation is 1. The molecule has 3 aromatic rings. The van der Waals surface area contributed by atoms with Crippen LogP contribution in [0.5, 0.6) is 0 Å². The number of para-hydroxylation sites is 1. The Labute approximate surface area is 197 Å². The van der Waals surface area contributed by atoms with Gasteiger partial charge in [0.1, 0.15) is 5.82 Å². The van der Waals surface area contributed by atoms with Crippen molar-refractivity contribution >= 4 is 16.8 Å². The van der Waals surface area contributed by atoms with Gasteiger partial charge >= 0.3 is 0 Å². The molecule has 0 N–H and O–H groups in total. The first-order chi connectivity index (χ1) is 15.9. The van der Waals surface area contributed by atoms with Crippen LogP contribution in [0.1, 0.15) is 81.7 Å². The average molecular weight is 448 g/mol. The SMILES string of the molecule is CCCCc1ccc(C(=O)N(CC(C)C)C(CC)c2nc3ccccc3c(=O)n2CC)cc1. The smallest absolute Gasteiger partial charge is 0.261 e. The highest BCUT2D eigenvalue weighted by atomic mass is 16.2. The van der Waals surface area contributed by atoms with Crippen molar-refractivity contribution in [3.8, 4) is 0 Å². The topological polar surface area (TPSA) is 55.2 Å². The molecule has 0 fully saturated rings. The second-order valence-electron chi connectivity index (χ2n) is 9.11. The number of carbonyl (C=O) groups excluding carboxylic acids is 1. The van der Waals surface area contributed by atoms with Crippen LogP contribution in [0.4, 0.5) is 0 Å². The minimum Gasteiger partial charge on any atom is -0.328 e. The molecule has 0 saturated carbocycles. The van der Waals surface area contributed by atoms with Gasteiger partial charge in [0, 0.05) is 18.7 Å². The minimum atomic E-state index is -0.281. The molecule has 0 saturated heterocycles. The molecule has 1 amide bonds. The van der Waals surface area contributed by atoms with Crippen molar-refractivity contribution < 1.29 is 4.79 Å². The molecule has 176 valence electrons. The fourth-order valence-corrected chi connectivity index (χ4v) is 4.39. The van der Waals surface area contributed by atoms with Gasteiger partial charge in [-0.05, 0) is 61.9 Å². The van der Waals surface area contributed by atoms with Crippen LogP contribution in [0.25, 0.3) is 10.9 Å². The molecule has 0 aliphatic heterocycles. The van der Waals surface area contributed by atoms with Crippen molar-refractivity contribution in [3.05, 3.63) is 75.8 Å². The summed E-state index contributed by atoms with van der Waals surface area (Å²) in [6.45, 7) is 11.5. The molecule has 0 aliphatic carbocycles. The van der Waals surface area contributed by atoms with Crippen molar-refractivity contribution in [1.82, 2.24) is 14.5 Å². The second kappa shape index (κ2) is 11.3. The van der Waals surface area contributed by atoms with Crippen molar-refractivity contribution in [2.45, 2.75) is 72.9 Å². The van der Waals surface area contributed by atoms with E-state index in [0.29, 0.717) is 41.8 Å². The van der Waals surface area contributed by atoms with E-state index in [4.69, 9.17) is 4.98 Å². The molecule has 0 bridgehead atoms. The molecular formula is C28H37N3O2. The van der Waals surface area contributed by atoms with E-state index >= 15 is 0 Å². The number of aromatic nitrogens is 2. The summed E-state index contributed by atoms with van der Waals surface area (Å²) in [5.41, 5.74) is 2.57. The third-order valence-corrected chi connectivity index (χ3v) is 6.11. The van der Waals surface area contributed by atoms with Crippen LogP contribution in [0.3, 0.4) is 0 Å². The Kier molecular flexibility index (Phi) is 8.43. The summed E-state index contributed by atoms with van der Waals surface area (Å²) < 4.78 is 1.73. The van der Waals surface area contributed by atoms with Crippen LogP contribution < -0.4 is 5.56 Å². The summed E-state index contributed by atoms with van der Waals surface area (Å²) in [7, 11) is 0. The summed E-state index contributed by atoms with van der Waals surface area (Å²) in [4.78, 5) is 33.8. The van der Waals surface area contributed by atoms with Gasteiger partial charge in [0.2, 0.25) is 0 Å². The third-order valence-electron chi connectivity index (χ3n) is 6.11. The Bertz CT molecular complexity index is 1130. The van der Waals surface area contributed by atoms with Gasteiger partial charge in [-0.2, -0.15) is 0 Å². The van der Waals surface area contributed by atoms with Crippen molar-refractivity contribution in [2.24, 2.45) is 5.92 Å². The van der Waals surface area contributed by atoms with Crippen LogP contribution in [0.15, 0.2) is 53.3 Å². The van der Waals surface area contributed by atoms with Gasteiger partial charge in [0.25, 0.3) is 11.5 Å². The number of carbonyl (C=O) groups is 1. The Morgan fingerprint density at radius 3 is 2.33 bits per heavy atom. The van der Waals surface area contributed by atoms with Crippen LogP contribution in [-0.2, 0) is 13.0 Å². The molecule has 1 atom stereocenters. The highest BCUT2D eigenvalue weighted by Gasteiger charge is 2.29. The average Bonchev–Trinajstić information content (AvgIpc) is 2.82. The summed E-state index contributed by atoms with van der Waals surface area (Å²) in [6, 6.07) is 15.2. The Morgan fingerprint density at radius 2 is 1.73 bits per heavy atom. The lowest BCUT2D eigenvalue weighted by Gasteiger charge is -2.33. The number of hydrogen-bond donors (Lipinski definition) is 0. The van der Waals surface area contributed by atoms with Gasteiger partial charge in [0.05, 0.1) is 16.9 Å². The second-order valence-corrected chi connectivity index (χ2v) is 9.11. The fraction of sp³-hybridized carbons (Fsp3) is 0.464. The maximum atomic E-state index is 13.7. The maximum Gasteiger partial charge on any atom is 0.261 e. The molecule has 0 radical (unpaired) electrons. The Balaban J connectivity index is 2.05. The number of amides is 1. The number of rotatable bonds is 10. The maximum absolute atomic E-state index is 13.7. The first-order valence-electron chi connectivity index (χ1n) is 12.3. The molecular weight excluding hydrogens is 410 g/mol. The lowest BCUT2D eigenvalue weighted by molar-refractivity contribution is 0.0628. The highest BCUT2D eigenvalue weighted by molar-refractivity contribution is 5.94. The zero-order valence-electron chi connectivity index (χ0n) is 20.7. The molecule has 1 heterocycles. The molecule has 2 aromatic carbocycles. The van der Waals surface area contributed by atoms with E-state index in [2.05, 4.69) is 39.8 Å². The van der Waals surface area contributed by atoms with Crippen molar-refractivity contribution in [1.29, 1.82) is 0 Å². The van der Waals surface area contributed by atoms with Crippen LogP contribution in [-0.4, -0.2) is 26.9 Å². The first-order valence-corrected chi connectivity index (χ1v) is 12.3. The first kappa shape index (κ1) is 24.7. The van der Waals surface area contributed by atoms with E-state index in [1.54, 1.807) is 4.57 Å². The van der Waals surface area contributed by atoms with E-state index in [0.717, 1.165) is 19.3 Å². The van der Waals surface area contributed by atoms with Gasteiger partial charge in [-0.1, -0.05) is 58.4 Å². The zero-order chi connectivity index (χ0) is 24.0. The lowest BCUT2D eigenvalue weighted by Crippen LogP contribution is -2.40. The summed E-state index contributed by atoms with van der Waals surface area (Å²) in [5, 5.41) is 0.613. The lowest BCUT2D eigenvalue weighted by atomic mass is 10.0. The van der Waals surface area contributed by atoms with Crippen LogP contribution in [0, 0.1) is 5.92 Å². The van der Waals surface area contributed by atoms with Gasteiger partial charge < -0.3 is 4.90 Å². The predicted octanol–water partition coefficient (Wildman–Crippen LogP) is 6.01. The number of nitrogens with zero attached hydrogens (tertiary/aromatic N) is 3. The monoisotopic (exact) mass is 447 g/mol. The minimum absolute atomic E-state index is 0.0114. The molecule has 1 aromatic heterocycles. The summed E-state index contributed by atoms with van der Waals surface area (Å²) >= 11 is 0. The standard InChI is InChI=1S/C28H37N3O2/c1-6-9-12-21-15-17-22(18-16-21)27(32)31(19-20(4)5)25(7-2)26-29-24-14-11-10-13-23(24)28(33)30(26)8-3/h10-11,13-18,20,25H,6-9,12,19H2,1-5H3. The third kappa shape index (κ3) is 5.52. The van der Waals surface area contributed by atoms with Gasteiger partial charge in [-0.3, -0.25) is 14.2 Å². The highest BCUT2D eigenvalue weighted by Crippen LogP contribution is 2.27. The largest absolute Gasteiger partial charge is 0.328 e. The van der Waals surface area contributed by atoms with Crippen LogP contribution >= 0.6 is 0 Å². The molecule has 5 nitrogen and oxygen atoms in total. The number of fused-ring (bicyclic) bond motifs is 1. The summed E-state index contributed by atoms with van der Waals surface area (Å²) in [6.07, 6.45) is 4.01. The van der Waals surface area contributed by atoms with Crippen molar-refractivity contribution in [2.75, 3.05) is 6.54 Å². The quantitative estimate of drug-likeness (QED) is 0.382. The summed E-state index contributed by atoms with van der Waals surface area (Å²) in [5.74, 6) is 0.939. The Morgan fingerprint density at radius 1 is 1.03 bits per heavy atom. The number of hydrogen-bond acceptors (Lipinski definition) is 3. The number of unbranched alkanes of at least 4 members (excludes halogenated alkanes) is 1. The van der Waals surface area contributed by atoms with Crippen LogP contribution in [0.2, 0.25) is 0 Å². The van der Waals surface area contributed by atoms with E-state index in [1.807, 2.05) is 48.2 Å². The normalized spacial score (nSPS) is 12.3. The van der Waals surface area contributed by atoms with Gasteiger partial charge in [-0.15, -0.1) is 0 Å². The predicted molar refractivity (Wildman–Crippen MR) is 136 cm³/mol. The van der Waals surface area contributed by atoms with Gasteiger partial charge in [-0.25, -0.2) is 4.98 Å². The molecule has 0 spiro atoms. The number of benzene rings is 2.